The first kappa shape index (κ1) is 18.6. The highest BCUT2D eigenvalue weighted by Gasteiger charge is 2.29. The SMILES string of the molecule is O=C(C1CCOCC1)N1CCN(c2ccc3ncnc(OC4CCC4)c3c2)CC1. The van der Waals surface area contributed by atoms with E-state index in [2.05, 4.69) is 27.0 Å². The summed E-state index contributed by atoms with van der Waals surface area (Å²) in [5.74, 6) is 1.13. The summed E-state index contributed by atoms with van der Waals surface area (Å²) in [6, 6.07) is 6.29. The molecule has 1 amide bonds. The summed E-state index contributed by atoms with van der Waals surface area (Å²) in [5, 5.41) is 0.970. The van der Waals surface area contributed by atoms with Crippen LogP contribution in [-0.2, 0) is 9.53 Å². The molecule has 0 bridgehead atoms. The quantitative estimate of drug-likeness (QED) is 0.792. The normalized spacial score (nSPS) is 21.2. The molecule has 2 saturated heterocycles. The minimum Gasteiger partial charge on any atom is -0.474 e. The molecule has 154 valence electrons. The van der Waals surface area contributed by atoms with E-state index in [1.54, 1.807) is 6.33 Å². The third-order valence-electron chi connectivity index (χ3n) is 6.44. The Morgan fingerprint density at radius 2 is 1.83 bits per heavy atom. The first-order valence-corrected chi connectivity index (χ1v) is 10.8. The van der Waals surface area contributed by atoms with E-state index in [-0.39, 0.29) is 12.0 Å². The number of carbonyl (C=O) groups excluding carboxylic acids is 1. The molecule has 0 N–H and O–H groups in total. The smallest absolute Gasteiger partial charge is 0.225 e. The molecule has 3 aliphatic rings. The molecular weight excluding hydrogens is 368 g/mol. The van der Waals surface area contributed by atoms with E-state index in [1.807, 2.05) is 11.0 Å². The number of aromatic nitrogens is 2. The molecular formula is C22H28N4O3. The summed E-state index contributed by atoms with van der Waals surface area (Å²) >= 11 is 0. The lowest BCUT2D eigenvalue weighted by Crippen LogP contribution is -2.51. The topological polar surface area (TPSA) is 67.8 Å². The highest BCUT2D eigenvalue weighted by molar-refractivity contribution is 5.87. The first-order chi connectivity index (χ1) is 14.3. The highest BCUT2D eigenvalue weighted by atomic mass is 16.5. The minimum atomic E-state index is 0.138. The average molecular weight is 396 g/mol. The lowest BCUT2D eigenvalue weighted by molar-refractivity contribution is -0.138. The summed E-state index contributed by atoms with van der Waals surface area (Å²) in [6.07, 6.45) is 7.02. The maximum Gasteiger partial charge on any atom is 0.225 e. The number of hydrogen-bond acceptors (Lipinski definition) is 6. The molecule has 0 spiro atoms. The molecule has 0 unspecified atom stereocenters. The molecule has 29 heavy (non-hydrogen) atoms. The molecule has 2 aliphatic heterocycles. The van der Waals surface area contributed by atoms with Gasteiger partial charge >= 0.3 is 0 Å². The zero-order chi connectivity index (χ0) is 19.6. The van der Waals surface area contributed by atoms with E-state index in [0.717, 1.165) is 68.5 Å². The van der Waals surface area contributed by atoms with Crippen LogP contribution in [0, 0.1) is 5.92 Å². The first-order valence-electron chi connectivity index (χ1n) is 10.8. The number of hydrogen-bond donors (Lipinski definition) is 0. The van der Waals surface area contributed by atoms with Crippen molar-refractivity contribution < 1.29 is 14.3 Å². The van der Waals surface area contributed by atoms with Gasteiger partial charge in [0.2, 0.25) is 11.8 Å². The zero-order valence-electron chi connectivity index (χ0n) is 16.8. The number of carbonyl (C=O) groups is 1. The number of benzene rings is 1. The zero-order valence-corrected chi connectivity index (χ0v) is 16.8. The van der Waals surface area contributed by atoms with Crippen LogP contribution in [0.1, 0.15) is 32.1 Å². The molecule has 1 aromatic heterocycles. The Bertz CT molecular complexity index is 871. The number of anilines is 1. The summed E-state index contributed by atoms with van der Waals surface area (Å²) in [6.45, 7) is 4.64. The number of ether oxygens (including phenoxy) is 2. The molecule has 1 saturated carbocycles. The van der Waals surface area contributed by atoms with Crippen LogP contribution >= 0.6 is 0 Å². The van der Waals surface area contributed by atoms with Crippen molar-refractivity contribution in [2.24, 2.45) is 5.92 Å². The monoisotopic (exact) mass is 396 g/mol. The van der Waals surface area contributed by atoms with E-state index in [9.17, 15) is 4.79 Å². The van der Waals surface area contributed by atoms with Crippen LogP contribution in [0.25, 0.3) is 10.9 Å². The molecule has 1 aliphatic carbocycles. The fourth-order valence-corrected chi connectivity index (χ4v) is 4.35. The fourth-order valence-electron chi connectivity index (χ4n) is 4.35. The van der Waals surface area contributed by atoms with Crippen LogP contribution in [0.2, 0.25) is 0 Å². The van der Waals surface area contributed by atoms with Gasteiger partial charge in [-0.2, -0.15) is 0 Å². The molecule has 7 nitrogen and oxygen atoms in total. The van der Waals surface area contributed by atoms with Gasteiger partial charge < -0.3 is 19.3 Å². The second kappa shape index (κ2) is 8.14. The Kier molecular flexibility index (Phi) is 5.23. The van der Waals surface area contributed by atoms with Crippen LogP contribution in [0.4, 0.5) is 5.69 Å². The van der Waals surface area contributed by atoms with E-state index in [0.29, 0.717) is 25.0 Å². The second-order valence-electron chi connectivity index (χ2n) is 8.25. The Balaban J connectivity index is 1.27. The number of fused-ring (bicyclic) bond motifs is 1. The van der Waals surface area contributed by atoms with Gasteiger partial charge in [-0.05, 0) is 50.3 Å². The lowest BCUT2D eigenvalue weighted by Gasteiger charge is -2.38. The van der Waals surface area contributed by atoms with Crippen LogP contribution in [0.15, 0.2) is 24.5 Å². The van der Waals surface area contributed by atoms with E-state index >= 15 is 0 Å². The summed E-state index contributed by atoms with van der Waals surface area (Å²) in [4.78, 5) is 25.9. The maximum absolute atomic E-state index is 12.8. The average Bonchev–Trinajstić information content (AvgIpc) is 2.76. The highest BCUT2D eigenvalue weighted by Crippen LogP contribution is 2.31. The predicted molar refractivity (Wildman–Crippen MR) is 110 cm³/mol. The third kappa shape index (κ3) is 3.88. The standard InChI is InChI=1S/C22H28N4O3/c27-22(16-6-12-28-13-7-16)26-10-8-25(9-11-26)17-4-5-20-19(14-17)21(24-15-23-20)29-18-2-1-3-18/h4-5,14-16,18H,1-3,6-13H2. The maximum atomic E-state index is 12.8. The Morgan fingerprint density at radius 1 is 1.03 bits per heavy atom. The fraction of sp³-hybridized carbons (Fsp3) is 0.591. The largest absolute Gasteiger partial charge is 0.474 e. The molecule has 0 radical (unpaired) electrons. The van der Waals surface area contributed by atoms with Crippen molar-refractivity contribution in [2.45, 2.75) is 38.2 Å². The van der Waals surface area contributed by atoms with Gasteiger partial charge in [-0.25, -0.2) is 9.97 Å². The summed E-state index contributed by atoms with van der Waals surface area (Å²) in [5.41, 5.74) is 2.05. The molecule has 3 fully saturated rings. The lowest BCUT2D eigenvalue weighted by atomic mass is 9.96. The van der Waals surface area contributed by atoms with Gasteiger partial charge in [0.05, 0.1) is 10.9 Å². The van der Waals surface area contributed by atoms with E-state index in [1.165, 1.54) is 6.42 Å². The molecule has 7 heteroatoms. The molecule has 3 heterocycles. The second-order valence-corrected chi connectivity index (χ2v) is 8.25. The Morgan fingerprint density at radius 3 is 2.55 bits per heavy atom. The number of rotatable bonds is 4. The van der Waals surface area contributed by atoms with Crippen LogP contribution in [0.5, 0.6) is 5.88 Å². The summed E-state index contributed by atoms with van der Waals surface area (Å²) in [7, 11) is 0. The van der Waals surface area contributed by atoms with Crippen LogP contribution in [0.3, 0.4) is 0 Å². The van der Waals surface area contributed by atoms with Crippen molar-refractivity contribution >= 4 is 22.5 Å². The molecule has 5 rings (SSSR count). The van der Waals surface area contributed by atoms with Crippen molar-refractivity contribution in [3.8, 4) is 5.88 Å². The minimum absolute atomic E-state index is 0.138. The number of nitrogens with zero attached hydrogens (tertiary/aromatic N) is 4. The molecule has 2 aromatic rings. The van der Waals surface area contributed by atoms with Gasteiger partial charge in [-0.15, -0.1) is 0 Å². The van der Waals surface area contributed by atoms with Gasteiger partial charge in [0.15, 0.2) is 0 Å². The Hall–Kier alpha value is -2.41. The predicted octanol–water partition coefficient (Wildman–Crippen LogP) is 2.64. The van der Waals surface area contributed by atoms with Gasteiger partial charge in [-0.3, -0.25) is 4.79 Å². The van der Waals surface area contributed by atoms with Crippen molar-refractivity contribution in [1.29, 1.82) is 0 Å². The van der Waals surface area contributed by atoms with E-state index < -0.39 is 0 Å². The van der Waals surface area contributed by atoms with E-state index in [4.69, 9.17) is 9.47 Å². The molecule has 0 atom stereocenters. The van der Waals surface area contributed by atoms with Crippen molar-refractivity contribution in [3.63, 3.8) is 0 Å². The van der Waals surface area contributed by atoms with Gasteiger partial charge in [0, 0.05) is 51.0 Å². The Labute approximate surface area is 171 Å². The van der Waals surface area contributed by atoms with Crippen molar-refractivity contribution in [3.05, 3.63) is 24.5 Å². The van der Waals surface area contributed by atoms with Gasteiger partial charge in [-0.1, -0.05) is 0 Å². The van der Waals surface area contributed by atoms with Crippen LogP contribution in [-0.4, -0.2) is 66.3 Å². The van der Waals surface area contributed by atoms with Crippen LogP contribution < -0.4 is 9.64 Å². The van der Waals surface area contributed by atoms with Gasteiger partial charge in [0.25, 0.3) is 0 Å². The molecule has 1 aromatic carbocycles. The van der Waals surface area contributed by atoms with Gasteiger partial charge in [0.1, 0.15) is 12.4 Å². The van der Waals surface area contributed by atoms with Crippen molar-refractivity contribution in [1.82, 2.24) is 14.9 Å². The summed E-state index contributed by atoms with van der Waals surface area (Å²) < 4.78 is 11.5. The third-order valence-corrected chi connectivity index (χ3v) is 6.44. The number of amides is 1. The van der Waals surface area contributed by atoms with Crippen molar-refractivity contribution in [2.75, 3.05) is 44.3 Å². The number of piperazine rings is 1.